The summed E-state index contributed by atoms with van der Waals surface area (Å²) in [7, 11) is 0. The number of carbonyl (C=O) groups excluding carboxylic acids is 1. The Morgan fingerprint density at radius 2 is 1.85 bits per heavy atom. The van der Waals surface area contributed by atoms with Crippen LogP contribution in [0.5, 0.6) is 5.75 Å². The first-order chi connectivity index (χ1) is 16.4. The smallest absolute Gasteiger partial charge is 0.266 e. The number of aryl methyl sites for hydroxylation is 1. The summed E-state index contributed by atoms with van der Waals surface area (Å²) in [6, 6.07) is 24.5. The van der Waals surface area contributed by atoms with Crippen molar-refractivity contribution in [1.29, 1.82) is 5.26 Å². The third-order valence-electron chi connectivity index (χ3n) is 5.34. The van der Waals surface area contributed by atoms with E-state index in [1.807, 2.05) is 43.3 Å². The first kappa shape index (κ1) is 23.0. The maximum Gasteiger partial charge on any atom is 0.266 e. The molecular weight excluding hydrogens is 451 g/mol. The van der Waals surface area contributed by atoms with Crippen LogP contribution in [-0.2, 0) is 11.4 Å². The van der Waals surface area contributed by atoms with Crippen LogP contribution in [0.25, 0.3) is 16.8 Å². The molecule has 0 saturated heterocycles. The van der Waals surface area contributed by atoms with Crippen LogP contribution in [0.2, 0.25) is 5.02 Å². The SMILES string of the molecule is Cc1ccc(Cl)cc1NC(=O)/C(C#N)=C/c1c(OCc2ccc(F)cc2)ccc2ccccc12. The van der Waals surface area contributed by atoms with E-state index in [4.69, 9.17) is 16.3 Å². The van der Waals surface area contributed by atoms with E-state index in [0.29, 0.717) is 22.0 Å². The van der Waals surface area contributed by atoms with Gasteiger partial charge in [-0.1, -0.05) is 60.1 Å². The number of hydrogen-bond acceptors (Lipinski definition) is 3. The van der Waals surface area contributed by atoms with Crippen molar-refractivity contribution >= 4 is 40.0 Å². The van der Waals surface area contributed by atoms with Gasteiger partial charge in [0.25, 0.3) is 5.91 Å². The predicted octanol–water partition coefficient (Wildman–Crippen LogP) is 7.07. The number of rotatable bonds is 6. The zero-order chi connectivity index (χ0) is 24.1. The molecule has 0 aliphatic heterocycles. The molecule has 0 atom stereocenters. The van der Waals surface area contributed by atoms with Crippen LogP contribution in [0.3, 0.4) is 0 Å². The third-order valence-corrected chi connectivity index (χ3v) is 5.57. The second-order valence-corrected chi connectivity index (χ2v) is 8.13. The fraction of sp³-hybridized carbons (Fsp3) is 0.0714. The van der Waals surface area contributed by atoms with Crippen molar-refractivity contribution < 1.29 is 13.9 Å². The molecule has 4 nitrogen and oxygen atoms in total. The Balaban J connectivity index is 1.70. The molecule has 1 N–H and O–H groups in total. The summed E-state index contributed by atoms with van der Waals surface area (Å²) in [6.07, 6.45) is 1.53. The largest absolute Gasteiger partial charge is 0.488 e. The monoisotopic (exact) mass is 470 g/mol. The average molecular weight is 471 g/mol. The summed E-state index contributed by atoms with van der Waals surface area (Å²) in [5.74, 6) is -0.370. The molecule has 0 spiro atoms. The molecule has 6 heteroatoms. The highest BCUT2D eigenvalue weighted by Gasteiger charge is 2.15. The van der Waals surface area contributed by atoms with Gasteiger partial charge in [0.15, 0.2) is 0 Å². The van der Waals surface area contributed by atoms with Gasteiger partial charge in [-0.2, -0.15) is 5.26 Å². The van der Waals surface area contributed by atoms with Crippen LogP contribution >= 0.6 is 11.6 Å². The molecular formula is C28H20ClFN2O2. The van der Waals surface area contributed by atoms with Gasteiger partial charge in [0.2, 0.25) is 0 Å². The maximum atomic E-state index is 13.2. The van der Waals surface area contributed by atoms with Crippen molar-refractivity contribution in [1.82, 2.24) is 0 Å². The van der Waals surface area contributed by atoms with Gasteiger partial charge in [0.05, 0.1) is 0 Å². The topological polar surface area (TPSA) is 62.1 Å². The van der Waals surface area contributed by atoms with Crippen molar-refractivity contribution in [2.45, 2.75) is 13.5 Å². The quantitative estimate of drug-likeness (QED) is 0.242. The normalized spacial score (nSPS) is 11.2. The number of nitriles is 1. The highest BCUT2D eigenvalue weighted by Crippen LogP contribution is 2.31. The standard InChI is InChI=1S/C28H20ClFN2O2/c1-18-6-10-22(29)15-26(18)32-28(33)21(16-31)14-25-24-5-3-2-4-20(24)9-13-27(25)34-17-19-7-11-23(30)12-8-19/h2-15H,17H2,1H3,(H,32,33)/b21-14+. The molecule has 34 heavy (non-hydrogen) atoms. The number of fused-ring (bicyclic) bond motifs is 1. The Hall–Kier alpha value is -4.14. The van der Waals surface area contributed by atoms with Crippen molar-refractivity contribution in [2.24, 2.45) is 0 Å². The van der Waals surface area contributed by atoms with Gasteiger partial charge >= 0.3 is 0 Å². The van der Waals surface area contributed by atoms with Crippen LogP contribution in [0, 0.1) is 24.1 Å². The van der Waals surface area contributed by atoms with Gasteiger partial charge in [0.1, 0.15) is 29.8 Å². The lowest BCUT2D eigenvalue weighted by molar-refractivity contribution is -0.112. The Morgan fingerprint density at radius 1 is 1.09 bits per heavy atom. The number of halogens is 2. The van der Waals surface area contributed by atoms with Crippen molar-refractivity contribution in [3.63, 3.8) is 0 Å². The van der Waals surface area contributed by atoms with E-state index in [1.165, 1.54) is 18.2 Å². The second kappa shape index (κ2) is 10.2. The lowest BCUT2D eigenvalue weighted by Crippen LogP contribution is -2.14. The molecule has 1 amide bonds. The second-order valence-electron chi connectivity index (χ2n) is 7.70. The van der Waals surface area contributed by atoms with Gasteiger partial charge in [-0.3, -0.25) is 4.79 Å². The van der Waals surface area contributed by atoms with E-state index in [2.05, 4.69) is 5.32 Å². The number of hydrogen-bond donors (Lipinski definition) is 1. The van der Waals surface area contributed by atoms with Crippen LogP contribution in [0.1, 0.15) is 16.7 Å². The molecule has 168 valence electrons. The van der Waals surface area contributed by atoms with E-state index >= 15 is 0 Å². The molecule has 0 heterocycles. The van der Waals surface area contributed by atoms with Gasteiger partial charge in [0, 0.05) is 16.3 Å². The summed E-state index contributed by atoms with van der Waals surface area (Å²) >= 11 is 6.06. The third kappa shape index (κ3) is 5.25. The molecule has 4 aromatic carbocycles. The Bertz CT molecular complexity index is 1440. The van der Waals surface area contributed by atoms with Crippen LogP contribution < -0.4 is 10.1 Å². The molecule has 0 aromatic heterocycles. The van der Waals surface area contributed by atoms with E-state index < -0.39 is 5.91 Å². The average Bonchev–Trinajstić information content (AvgIpc) is 2.84. The summed E-state index contributed by atoms with van der Waals surface area (Å²) in [4.78, 5) is 12.9. The fourth-order valence-corrected chi connectivity index (χ4v) is 3.68. The Morgan fingerprint density at radius 3 is 2.62 bits per heavy atom. The van der Waals surface area contributed by atoms with E-state index in [-0.39, 0.29) is 18.0 Å². The number of nitrogens with one attached hydrogen (secondary N) is 1. The number of benzene rings is 4. The Labute approximate surface area is 201 Å². The zero-order valence-electron chi connectivity index (χ0n) is 18.3. The number of amides is 1. The highest BCUT2D eigenvalue weighted by atomic mass is 35.5. The molecule has 0 radical (unpaired) electrons. The molecule has 0 aliphatic rings. The number of anilines is 1. The summed E-state index contributed by atoms with van der Waals surface area (Å²) < 4.78 is 19.2. The number of nitrogens with zero attached hydrogens (tertiary/aromatic N) is 1. The lowest BCUT2D eigenvalue weighted by atomic mass is 10.0. The molecule has 0 fully saturated rings. The van der Waals surface area contributed by atoms with Gasteiger partial charge in [-0.15, -0.1) is 0 Å². The first-order valence-electron chi connectivity index (χ1n) is 10.5. The Kier molecular flexibility index (Phi) is 6.91. The van der Waals surface area contributed by atoms with E-state index in [0.717, 1.165) is 21.9 Å². The number of carbonyl (C=O) groups is 1. The van der Waals surface area contributed by atoms with Crippen molar-refractivity contribution in [2.75, 3.05) is 5.32 Å². The van der Waals surface area contributed by atoms with Gasteiger partial charge in [-0.05, 0) is 65.2 Å². The first-order valence-corrected chi connectivity index (χ1v) is 10.9. The highest BCUT2D eigenvalue weighted by molar-refractivity contribution is 6.31. The molecule has 0 unspecified atom stereocenters. The summed E-state index contributed by atoms with van der Waals surface area (Å²) in [5.41, 5.74) is 2.67. The summed E-state index contributed by atoms with van der Waals surface area (Å²) in [5, 5.41) is 14.8. The predicted molar refractivity (Wildman–Crippen MR) is 133 cm³/mol. The maximum absolute atomic E-state index is 13.2. The van der Waals surface area contributed by atoms with Crippen LogP contribution in [0.15, 0.2) is 84.4 Å². The van der Waals surface area contributed by atoms with Crippen LogP contribution in [0.4, 0.5) is 10.1 Å². The molecule has 0 bridgehead atoms. The zero-order valence-corrected chi connectivity index (χ0v) is 19.1. The van der Waals surface area contributed by atoms with Crippen LogP contribution in [-0.4, -0.2) is 5.91 Å². The van der Waals surface area contributed by atoms with E-state index in [1.54, 1.807) is 36.4 Å². The molecule has 0 aliphatic carbocycles. The lowest BCUT2D eigenvalue weighted by Gasteiger charge is -2.13. The minimum atomic E-state index is -0.551. The van der Waals surface area contributed by atoms with Gasteiger partial charge < -0.3 is 10.1 Å². The fourth-order valence-electron chi connectivity index (χ4n) is 3.50. The van der Waals surface area contributed by atoms with Gasteiger partial charge in [-0.25, -0.2) is 4.39 Å². The summed E-state index contributed by atoms with van der Waals surface area (Å²) in [6.45, 7) is 2.04. The molecule has 4 rings (SSSR count). The van der Waals surface area contributed by atoms with Crippen molar-refractivity contribution in [3.8, 4) is 11.8 Å². The number of ether oxygens (including phenoxy) is 1. The van der Waals surface area contributed by atoms with Crippen molar-refractivity contribution in [3.05, 3.63) is 112 Å². The van der Waals surface area contributed by atoms with E-state index in [9.17, 15) is 14.4 Å². The minimum Gasteiger partial charge on any atom is -0.488 e. The molecule has 0 saturated carbocycles. The minimum absolute atomic E-state index is 0.0811. The molecule has 4 aromatic rings.